The molecule has 1 fully saturated rings. The predicted octanol–water partition coefficient (Wildman–Crippen LogP) is 1.51. The Kier molecular flexibility index (Phi) is 6.97. The van der Waals surface area contributed by atoms with E-state index < -0.39 is 0 Å². The summed E-state index contributed by atoms with van der Waals surface area (Å²) in [5.41, 5.74) is 0.0165. The fourth-order valence-electron chi connectivity index (χ4n) is 3.73. The minimum atomic E-state index is 0.0165. The highest BCUT2D eigenvalue weighted by atomic mass is 16.1. The van der Waals surface area contributed by atoms with Gasteiger partial charge in [0, 0.05) is 12.5 Å². The standard InChI is InChI=1S/C15H31N3O/c1-12(10-11-19)6-5-7-13-8-9-14(16-2)15(13,17-3)18-4/h11-14,16-18H,5-10H2,1-4H3. The van der Waals surface area contributed by atoms with Crippen LogP contribution in [0.1, 0.15) is 45.4 Å². The number of likely N-dealkylation sites (N-methyl/N-ethyl adjacent to an activating group) is 3. The van der Waals surface area contributed by atoms with Gasteiger partial charge in [0.1, 0.15) is 6.29 Å². The molecule has 19 heavy (non-hydrogen) atoms. The molecule has 0 aromatic heterocycles. The molecule has 0 aromatic rings. The van der Waals surface area contributed by atoms with Crippen molar-refractivity contribution < 1.29 is 4.79 Å². The van der Waals surface area contributed by atoms with E-state index >= 15 is 0 Å². The molecule has 3 N–H and O–H groups in total. The third-order valence-electron chi connectivity index (χ3n) is 4.92. The number of carbonyl (C=O) groups excluding carboxylic acids is 1. The Bertz CT molecular complexity index is 266. The zero-order valence-electron chi connectivity index (χ0n) is 13.0. The third kappa shape index (κ3) is 3.77. The number of nitrogens with one attached hydrogen (secondary N) is 3. The average molecular weight is 269 g/mol. The minimum Gasteiger partial charge on any atom is -0.314 e. The Morgan fingerprint density at radius 1 is 1.26 bits per heavy atom. The molecule has 1 rings (SSSR count). The summed E-state index contributed by atoms with van der Waals surface area (Å²) in [5, 5.41) is 10.5. The SMILES string of the molecule is CNC1CCC(CCCC(C)CC=O)C1(NC)NC. The van der Waals surface area contributed by atoms with E-state index in [-0.39, 0.29) is 5.66 Å². The summed E-state index contributed by atoms with van der Waals surface area (Å²) >= 11 is 0. The first-order chi connectivity index (χ1) is 9.14. The smallest absolute Gasteiger partial charge is 0.120 e. The summed E-state index contributed by atoms with van der Waals surface area (Å²) in [6.07, 6.45) is 7.81. The Balaban J connectivity index is 2.50. The van der Waals surface area contributed by atoms with Crippen LogP contribution in [0.25, 0.3) is 0 Å². The van der Waals surface area contributed by atoms with Crippen LogP contribution in [0.3, 0.4) is 0 Å². The lowest BCUT2D eigenvalue weighted by atomic mass is 9.87. The quantitative estimate of drug-likeness (QED) is 0.439. The van der Waals surface area contributed by atoms with Gasteiger partial charge in [0.05, 0.1) is 5.66 Å². The number of hydrogen-bond acceptors (Lipinski definition) is 4. The number of carbonyl (C=O) groups is 1. The number of rotatable bonds is 9. The van der Waals surface area contributed by atoms with Crippen LogP contribution in [0.15, 0.2) is 0 Å². The van der Waals surface area contributed by atoms with Gasteiger partial charge < -0.3 is 20.7 Å². The van der Waals surface area contributed by atoms with Crippen molar-refractivity contribution in [3.63, 3.8) is 0 Å². The van der Waals surface area contributed by atoms with E-state index in [0.717, 1.165) is 12.7 Å². The monoisotopic (exact) mass is 269 g/mol. The van der Waals surface area contributed by atoms with Gasteiger partial charge in [0.15, 0.2) is 0 Å². The highest BCUT2D eigenvalue weighted by Crippen LogP contribution is 2.37. The summed E-state index contributed by atoms with van der Waals surface area (Å²) in [5.74, 6) is 1.18. The second-order valence-electron chi connectivity index (χ2n) is 5.92. The Morgan fingerprint density at radius 2 is 1.95 bits per heavy atom. The summed E-state index contributed by atoms with van der Waals surface area (Å²) in [6, 6.07) is 0.486. The van der Waals surface area contributed by atoms with Crippen molar-refractivity contribution >= 4 is 6.29 Å². The molecule has 0 amide bonds. The zero-order chi connectivity index (χ0) is 14.3. The van der Waals surface area contributed by atoms with Gasteiger partial charge in [-0.25, -0.2) is 0 Å². The van der Waals surface area contributed by atoms with Crippen molar-refractivity contribution in [3.05, 3.63) is 0 Å². The van der Waals surface area contributed by atoms with Crippen LogP contribution in [-0.4, -0.2) is 39.1 Å². The van der Waals surface area contributed by atoms with Crippen LogP contribution in [0.4, 0.5) is 0 Å². The van der Waals surface area contributed by atoms with Crippen LogP contribution >= 0.6 is 0 Å². The minimum absolute atomic E-state index is 0.0165. The van der Waals surface area contributed by atoms with Gasteiger partial charge >= 0.3 is 0 Å². The molecular weight excluding hydrogens is 238 g/mol. The maximum Gasteiger partial charge on any atom is 0.120 e. The molecule has 1 saturated carbocycles. The van der Waals surface area contributed by atoms with Gasteiger partial charge in [-0.15, -0.1) is 0 Å². The van der Waals surface area contributed by atoms with Crippen LogP contribution in [0.2, 0.25) is 0 Å². The van der Waals surface area contributed by atoms with Crippen LogP contribution in [0.5, 0.6) is 0 Å². The number of hydrogen-bond donors (Lipinski definition) is 3. The molecule has 3 atom stereocenters. The fraction of sp³-hybridized carbons (Fsp3) is 0.933. The lowest BCUT2D eigenvalue weighted by Gasteiger charge is -2.40. The highest BCUT2D eigenvalue weighted by Gasteiger charge is 2.47. The van der Waals surface area contributed by atoms with E-state index in [2.05, 4.69) is 22.9 Å². The molecule has 0 radical (unpaired) electrons. The molecule has 1 aliphatic rings. The maximum absolute atomic E-state index is 10.5. The second kappa shape index (κ2) is 7.98. The Labute approximate surface area is 118 Å². The van der Waals surface area contributed by atoms with Crippen LogP contribution in [0, 0.1) is 11.8 Å². The molecule has 3 unspecified atom stereocenters. The molecule has 0 aliphatic heterocycles. The van der Waals surface area contributed by atoms with E-state index in [1.165, 1.54) is 25.7 Å². The van der Waals surface area contributed by atoms with Crippen LogP contribution in [-0.2, 0) is 4.79 Å². The largest absolute Gasteiger partial charge is 0.314 e. The lowest BCUT2D eigenvalue weighted by Crippen LogP contribution is -2.66. The van der Waals surface area contributed by atoms with Crippen molar-refractivity contribution in [2.24, 2.45) is 11.8 Å². The van der Waals surface area contributed by atoms with Crippen molar-refractivity contribution in [1.82, 2.24) is 16.0 Å². The van der Waals surface area contributed by atoms with Gasteiger partial charge in [-0.1, -0.05) is 19.8 Å². The molecule has 4 heteroatoms. The predicted molar refractivity (Wildman–Crippen MR) is 80.1 cm³/mol. The fourth-order valence-corrected chi connectivity index (χ4v) is 3.73. The lowest BCUT2D eigenvalue weighted by molar-refractivity contribution is -0.108. The molecule has 0 heterocycles. The van der Waals surface area contributed by atoms with E-state index in [0.29, 0.717) is 24.3 Å². The maximum atomic E-state index is 10.5. The topological polar surface area (TPSA) is 53.2 Å². The highest BCUT2D eigenvalue weighted by molar-refractivity contribution is 5.49. The normalized spacial score (nSPS) is 27.4. The third-order valence-corrected chi connectivity index (χ3v) is 4.92. The van der Waals surface area contributed by atoms with E-state index in [1.54, 1.807) is 0 Å². The van der Waals surface area contributed by atoms with Gasteiger partial charge in [-0.3, -0.25) is 0 Å². The van der Waals surface area contributed by atoms with Gasteiger partial charge in [-0.2, -0.15) is 0 Å². The first kappa shape index (κ1) is 16.6. The Hall–Kier alpha value is -0.450. The number of aldehydes is 1. The average Bonchev–Trinajstić information content (AvgIpc) is 2.77. The van der Waals surface area contributed by atoms with Crippen molar-refractivity contribution in [3.8, 4) is 0 Å². The van der Waals surface area contributed by atoms with E-state index in [9.17, 15) is 4.79 Å². The summed E-state index contributed by atoms with van der Waals surface area (Å²) in [4.78, 5) is 10.5. The molecule has 0 bridgehead atoms. The second-order valence-corrected chi connectivity index (χ2v) is 5.92. The van der Waals surface area contributed by atoms with Gasteiger partial charge in [0.2, 0.25) is 0 Å². The Morgan fingerprint density at radius 3 is 2.47 bits per heavy atom. The molecule has 0 aromatic carbocycles. The summed E-state index contributed by atoms with van der Waals surface area (Å²) in [6.45, 7) is 2.17. The molecule has 1 aliphatic carbocycles. The van der Waals surface area contributed by atoms with Crippen LogP contribution < -0.4 is 16.0 Å². The summed E-state index contributed by atoms with van der Waals surface area (Å²) < 4.78 is 0. The van der Waals surface area contributed by atoms with Crippen molar-refractivity contribution in [2.75, 3.05) is 21.1 Å². The van der Waals surface area contributed by atoms with Gasteiger partial charge in [0.25, 0.3) is 0 Å². The molecular formula is C15H31N3O. The summed E-state index contributed by atoms with van der Waals surface area (Å²) in [7, 11) is 6.14. The van der Waals surface area contributed by atoms with E-state index in [1.807, 2.05) is 21.1 Å². The molecule has 112 valence electrons. The first-order valence-corrected chi connectivity index (χ1v) is 7.63. The molecule has 0 spiro atoms. The first-order valence-electron chi connectivity index (χ1n) is 7.63. The molecule has 4 nitrogen and oxygen atoms in total. The van der Waals surface area contributed by atoms with E-state index in [4.69, 9.17) is 0 Å². The van der Waals surface area contributed by atoms with Gasteiger partial charge in [-0.05, 0) is 52.2 Å². The van der Waals surface area contributed by atoms with Crippen molar-refractivity contribution in [2.45, 2.75) is 57.2 Å². The zero-order valence-corrected chi connectivity index (χ0v) is 13.0. The molecule has 0 saturated heterocycles. The van der Waals surface area contributed by atoms with Crippen molar-refractivity contribution in [1.29, 1.82) is 0 Å².